The molecule has 0 bridgehead atoms. The van der Waals surface area contributed by atoms with Gasteiger partial charge in [-0.1, -0.05) is 360 Å². The number of amides is 3. The maximum atomic E-state index is 12.2. The highest BCUT2D eigenvalue weighted by Gasteiger charge is 2.35. The number of ether oxygens (including phenoxy) is 2. The summed E-state index contributed by atoms with van der Waals surface area (Å²) in [5.41, 5.74) is 13.7. The summed E-state index contributed by atoms with van der Waals surface area (Å²) < 4.78 is 23.5. The number of aromatic amines is 1. The number of anilines is 1. The van der Waals surface area contributed by atoms with Crippen molar-refractivity contribution >= 4 is 119 Å². The Hall–Kier alpha value is -13.8. The molecule has 2 heterocycles. The molecule has 0 saturated heterocycles. The fourth-order valence-electron chi connectivity index (χ4n) is 12.0. The lowest BCUT2D eigenvalue weighted by Gasteiger charge is -2.24. The summed E-state index contributed by atoms with van der Waals surface area (Å²) in [6.07, 6.45) is 11.4. The smallest absolute Gasteiger partial charge is 0.273 e. The summed E-state index contributed by atoms with van der Waals surface area (Å²) in [5.74, 6) is 0.659. The first kappa shape index (κ1) is 87.8. The van der Waals surface area contributed by atoms with Gasteiger partial charge in [0.1, 0.15) is 22.5 Å². The van der Waals surface area contributed by atoms with Crippen molar-refractivity contribution in [3.05, 3.63) is 427 Å². The van der Waals surface area contributed by atoms with Crippen molar-refractivity contribution in [3.8, 4) is 28.5 Å². The Morgan fingerprint density at radius 1 is 0.483 bits per heavy atom. The summed E-state index contributed by atoms with van der Waals surface area (Å²) in [7, 11) is -1.65. The number of hydrogen-bond acceptors (Lipinski definition) is 10. The zero-order valence-electron chi connectivity index (χ0n) is 66.2. The highest BCUT2D eigenvalue weighted by molar-refractivity contribution is 7.98. The van der Waals surface area contributed by atoms with Gasteiger partial charge >= 0.3 is 0 Å². The molecular weight excluding hydrogens is 1470 g/mol. The molecule has 17 rings (SSSR count). The van der Waals surface area contributed by atoms with Crippen molar-refractivity contribution in [1.82, 2.24) is 14.3 Å². The van der Waals surface area contributed by atoms with Crippen LogP contribution in [-0.4, -0.2) is 67.0 Å². The summed E-state index contributed by atoms with van der Waals surface area (Å²) in [4.78, 5) is 52.0. The van der Waals surface area contributed by atoms with E-state index in [0.29, 0.717) is 28.3 Å². The van der Waals surface area contributed by atoms with E-state index in [9.17, 15) is 23.4 Å². The van der Waals surface area contributed by atoms with Crippen LogP contribution in [0.1, 0.15) is 87.4 Å². The van der Waals surface area contributed by atoms with Gasteiger partial charge in [-0.2, -0.15) is 9.29 Å². The fourth-order valence-corrected chi connectivity index (χ4v) is 13.0. The number of nitrogens with zero attached hydrogens (tertiary/aromatic N) is 2. The van der Waals surface area contributed by atoms with Crippen LogP contribution in [0.25, 0.3) is 84.1 Å². The summed E-state index contributed by atoms with van der Waals surface area (Å²) in [5, 5.41) is 21.0. The van der Waals surface area contributed by atoms with Crippen molar-refractivity contribution in [2.45, 2.75) is 39.3 Å². The molecule has 0 radical (unpaired) electrons. The number of benzene rings is 14. The highest BCUT2D eigenvalue weighted by Crippen LogP contribution is 2.38. The number of imide groups is 1. The number of carbonyl (C=O) groups excluding carboxylic acids is 3. The number of rotatable bonds is 12. The van der Waals surface area contributed by atoms with Crippen LogP contribution in [0.2, 0.25) is 0 Å². The number of allylic oxidation sites excluding steroid dienone is 1. The van der Waals surface area contributed by atoms with E-state index in [1.807, 2.05) is 221 Å². The van der Waals surface area contributed by atoms with E-state index in [-0.39, 0.29) is 17.3 Å². The number of fused-ring (bicyclic) bond motifs is 7. The van der Waals surface area contributed by atoms with Crippen LogP contribution < -0.4 is 20.3 Å². The molecule has 1 aliphatic carbocycles. The lowest BCUT2D eigenvalue weighted by molar-refractivity contribution is -0.114. The number of nitrogens with one attached hydrogen (secondary N) is 2. The molecule has 12 nitrogen and oxygen atoms in total. The zero-order valence-corrected chi connectivity index (χ0v) is 67.9. The van der Waals surface area contributed by atoms with E-state index in [0.717, 1.165) is 51.5 Å². The Kier molecular flexibility index (Phi) is 35.5. The third-order valence-electron chi connectivity index (χ3n) is 17.5. The van der Waals surface area contributed by atoms with Crippen molar-refractivity contribution in [2.75, 3.05) is 31.0 Å². The van der Waals surface area contributed by atoms with Crippen molar-refractivity contribution in [2.24, 2.45) is 0 Å². The van der Waals surface area contributed by atoms with Crippen molar-refractivity contribution < 1.29 is 33.2 Å². The Labute approximate surface area is 687 Å². The third kappa shape index (κ3) is 26.7. The molecule has 15 aromatic rings. The first-order chi connectivity index (χ1) is 56.4. The largest absolute Gasteiger partial charge is 0.494 e. The standard InChI is InChI=1S/C16H14O.C15H13NO.C13H9NO3S.C12H12O.C9H10.4C8H8.C5H6N2O2S/c1-2-17-16-11-12-7-3-4-8-13(12)14-9-5-6-10-15(14)16;1-10(17)16-13-6-7-15-12(9-13)8-11-4-2-3-5-14(11)15;1-18(17)14-12(15)9-6-2-4-8-5-3-7-10(11(8)9)13(14)16;1-2-13-12-8-7-10-5-3-4-6-11(10)9-12;1-8(2)9-6-4-3-5-7-9;4*1-2-8-6-4-3-5-7-8;1-10-5-6-3(8)2-4(9)7-5/h3-11H,2H2,1H3;2-7,9H,8H2,1H3,(H,16,17);2-7H,1H3;3-9H,2H2,1H3;3-7H,1H2,2H3;4*2-7H,1H2;2H,1H3,(H2,6,7,8,9). The molecule has 0 fully saturated rings. The van der Waals surface area contributed by atoms with E-state index < -0.39 is 22.8 Å². The second kappa shape index (κ2) is 46.9. The van der Waals surface area contributed by atoms with Crippen LogP contribution in [0.3, 0.4) is 0 Å². The van der Waals surface area contributed by atoms with E-state index >= 15 is 0 Å². The van der Waals surface area contributed by atoms with Gasteiger partial charge in [-0.15, -0.1) is 0 Å². The Balaban J connectivity index is 0.000000164. The lowest BCUT2D eigenvalue weighted by Crippen LogP contribution is -2.40. The van der Waals surface area contributed by atoms with Crippen molar-refractivity contribution in [3.63, 3.8) is 0 Å². The van der Waals surface area contributed by atoms with Crippen LogP contribution in [-0.2, 0) is 22.2 Å². The van der Waals surface area contributed by atoms with Crippen molar-refractivity contribution in [1.29, 1.82) is 0 Å². The quantitative estimate of drug-likeness (QED) is 0.0463. The molecule has 3 N–H and O–H groups in total. The molecule has 0 saturated carbocycles. The second-order valence-electron chi connectivity index (χ2n) is 25.7. The first-order valence-electron chi connectivity index (χ1n) is 37.5. The Morgan fingerprint density at radius 2 is 0.922 bits per heavy atom. The topological polar surface area (TPSA) is 168 Å². The normalized spacial score (nSPS) is 10.9. The molecular formula is C102H96N4O8S2. The summed E-state index contributed by atoms with van der Waals surface area (Å²) in [6.45, 7) is 27.3. The predicted molar refractivity (Wildman–Crippen MR) is 491 cm³/mol. The van der Waals surface area contributed by atoms with Gasteiger partial charge in [0.25, 0.3) is 17.4 Å². The summed E-state index contributed by atoms with van der Waals surface area (Å²) in [6, 6.07) is 110. The number of hydrogen-bond donors (Lipinski definition) is 3. The molecule has 14 aromatic carbocycles. The van der Waals surface area contributed by atoms with Crippen LogP contribution in [0.5, 0.6) is 17.4 Å². The minimum Gasteiger partial charge on any atom is -0.494 e. The van der Waals surface area contributed by atoms with E-state index in [4.69, 9.17) is 14.6 Å². The number of aromatic nitrogens is 2. The molecule has 0 spiro atoms. The van der Waals surface area contributed by atoms with E-state index in [2.05, 4.69) is 176 Å². The minimum atomic E-state index is -1.65. The molecule has 1 unspecified atom stereocenters. The average Bonchev–Trinajstić information content (AvgIpc) is 0.987. The van der Waals surface area contributed by atoms with Gasteiger partial charge in [0, 0.05) is 40.8 Å². The molecule has 14 heteroatoms. The molecule has 584 valence electrons. The van der Waals surface area contributed by atoms with E-state index in [1.165, 1.54) is 107 Å². The number of aromatic hydroxyl groups is 1. The molecule has 1 aromatic heterocycles. The van der Waals surface area contributed by atoms with Crippen LogP contribution in [0.4, 0.5) is 5.69 Å². The van der Waals surface area contributed by atoms with Gasteiger partial charge in [-0.25, -0.2) is 4.21 Å². The van der Waals surface area contributed by atoms with Gasteiger partial charge in [-0.3, -0.25) is 19.2 Å². The zero-order chi connectivity index (χ0) is 83.0. The molecule has 1 aliphatic heterocycles. The molecule has 2 aliphatic rings. The predicted octanol–water partition coefficient (Wildman–Crippen LogP) is 24.8. The monoisotopic (exact) mass is 1570 g/mol. The van der Waals surface area contributed by atoms with Gasteiger partial charge < -0.3 is 24.9 Å². The SMILES string of the molecule is C=C(C)c1ccccc1.C=Cc1ccccc1.C=Cc1ccccc1.C=Cc1ccccc1.C=Cc1ccccc1.CC(=O)Nc1ccc2c(c1)Cc1ccccc1-2.CCOc1cc2ccccc2c2ccccc12.CCOc1ccc2ccccc2c1.CS(=O)N1C(=O)c2cccc3cccc(c23)C1=O.CSc1nc(O)cc(=O)[nH]1. The fraction of sp³-hybridized carbons (Fsp3) is 0.0882. The summed E-state index contributed by atoms with van der Waals surface area (Å²) >= 11 is 1.27. The molecule has 1 atom stereocenters. The number of carbonyl (C=O) groups is 3. The first-order valence-corrected chi connectivity index (χ1v) is 40.3. The van der Waals surface area contributed by atoms with Gasteiger partial charge in [0.15, 0.2) is 5.16 Å². The minimum absolute atomic E-state index is 0.0274. The average molecular weight is 1570 g/mol. The number of H-pyrrole nitrogens is 1. The highest BCUT2D eigenvalue weighted by atomic mass is 32.2. The Bertz CT molecular complexity index is 5620. The van der Waals surface area contributed by atoms with Crippen LogP contribution >= 0.6 is 11.8 Å². The lowest BCUT2D eigenvalue weighted by atomic mass is 9.95. The van der Waals surface area contributed by atoms with E-state index in [1.54, 1.807) is 30.5 Å². The van der Waals surface area contributed by atoms with Gasteiger partial charge in [0.05, 0.1) is 19.3 Å². The number of thioether (sulfide) groups is 1. The Morgan fingerprint density at radius 3 is 1.39 bits per heavy atom. The molecule has 3 amide bonds. The maximum Gasteiger partial charge on any atom is 0.273 e. The maximum absolute atomic E-state index is 12.2. The van der Waals surface area contributed by atoms with Crippen LogP contribution in [0.15, 0.2) is 376 Å². The van der Waals surface area contributed by atoms with Crippen LogP contribution in [0, 0.1) is 0 Å². The third-order valence-corrected chi connectivity index (χ3v) is 18.9. The second-order valence-corrected chi connectivity index (χ2v) is 27.7. The van der Waals surface area contributed by atoms with Gasteiger partial charge in [-0.05, 0) is 158 Å². The van der Waals surface area contributed by atoms with Gasteiger partial charge in [0.2, 0.25) is 11.8 Å². The molecule has 116 heavy (non-hydrogen) atoms.